The summed E-state index contributed by atoms with van der Waals surface area (Å²) in [6.45, 7) is 2.58. The van der Waals surface area contributed by atoms with Crippen LogP contribution in [0.15, 0.2) is 18.2 Å². The van der Waals surface area contributed by atoms with Gasteiger partial charge in [0, 0.05) is 13.6 Å². The fraction of sp³-hybridized carbons (Fsp3) is 0.417. The van der Waals surface area contributed by atoms with Gasteiger partial charge in [-0.3, -0.25) is 10.1 Å². The largest absolute Gasteiger partial charge is 0.487 e. The van der Waals surface area contributed by atoms with E-state index >= 15 is 0 Å². The fourth-order valence-corrected chi connectivity index (χ4v) is 1.61. The summed E-state index contributed by atoms with van der Waals surface area (Å²) in [6.07, 6.45) is 0.312. The average Bonchev–Trinajstić information content (AvgIpc) is 2.35. The maximum atomic E-state index is 11.1. The zero-order chi connectivity index (χ0) is 13.5. The summed E-state index contributed by atoms with van der Waals surface area (Å²) in [7, 11) is 1.72. The minimum atomic E-state index is -0.455. The maximum Gasteiger partial charge on any atom is 0.333 e. The number of rotatable bonds is 6. The Hall–Kier alpha value is -2.29. The summed E-state index contributed by atoms with van der Waals surface area (Å²) in [5, 5.41) is 19.7. The first-order valence-electron chi connectivity index (χ1n) is 5.60. The van der Waals surface area contributed by atoms with Crippen LogP contribution in [0.1, 0.15) is 13.3 Å². The molecule has 0 heterocycles. The summed E-state index contributed by atoms with van der Waals surface area (Å²) in [5.41, 5.74) is 0.404. The number of ether oxygens (including phenoxy) is 1. The van der Waals surface area contributed by atoms with Crippen molar-refractivity contribution in [1.82, 2.24) is 0 Å². The van der Waals surface area contributed by atoms with Crippen molar-refractivity contribution in [3.63, 3.8) is 0 Å². The van der Waals surface area contributed by atoms with Gasteiger partial charge in [-0.1, -0.05) is 6.07 Å². The Bertz CT molecular complexity index is 468. The Morgan fingerprint density at radius 3 is 2.83 bits per heavy atom. The molecule has 0 spiro atoms. The smallest absolute Gasteiger partial charge is 0.333 e. The summed E-state index contributed by atoms with van der Waals surface area (Å²) in [5.74, 6) is 0.254. The van der Waals surface area contributed by atoms with Gasteiger partial charge in [0.05, 0.1) is 24.0 Å². The first kappa shape index (κ1) is 13.8. The molecule has 0 amide bonds. The highest BCUT2D eigenvalue weighted by Crippen LogP contribution is 2.36. The van der Waals surface area contributed by atoms with E-state index in [4.69, 9.17) is 10.00 Å². The standard InChI is InChI=1S/C12H15N3O3/c1-3-18-11-7-4-6-10(12(11)15(16)17)14(2)9-5-8-13/h4,6-7H,3,5,9H2,1-2H3. The van der Waals surface area contributed by atoms with Gasteiger partial charge in [-0.15, -0.1) is 0 Å². The topological polar surface area (TPSA) is 79.4 Å². The number of hydrogen-bond acceptors (Lipinski definition) is 5. The van der Waals surface area contributed by atoms with Crippen LogP contribution in [0.4, 0.5) is 11.4 Å². The Morgan fingerprint density at radius 1 is 1.56 bits per heavy atom. The Kier molecular flexibility index (Phi) is 4.93. The lowest BCUT2D eigenvalue weighted by Crippen LogP contribution is -2.19. The highest BCUT2D eigenvalue weighted by Gasteiger charge is 2.22. The van der Waals surface area contributed by atoms with Crippen molar-refractivity contribution in [1.29, 1.82) is 5.26 Å². The molecule has 0 saturated heterocycles. The predicted molar refractivity (Wildman–Crippen MR) is 67.8 cm³/mol. The molecular weight excluding hydrogens is 234 g/mol. The minimum Gasteiger partial charge on any atom is -0.487 e. The van der Waals surface area contributed by atoms with Crippen molar-refractivity contribution < 1.29 is 9.66 Å². The molecule has 0 unspecified atom stereocenters. The molecule has 6 heteroatoms. The van der Waals surface area contributed by atoms with Crippen LogP contribution in [-0.2, 0) is 0 Å². The second-order valence-corrected chi connectivity index (χ2v) is 3.64. The first-order chi connectivity index (χ1) is 8.61. The van der Waals surface area contributed by atoms with Gasteiger partial charge in [-0.25, -0.2) is 0 Å². The molecule has 0 N–H and O–H groups in total. The molecule has 0 saturated carbocycles. The van der Waals surface area contributed by atoms with E-state index in [-0.39, 0.29) is 11.4 Å². The Balaban J connectivity index is 3.14. The van der Waals surface area contributed by atoms with E-state index in [9.17, 15) is 10.1 Å². The first-order valence-corrected chi connectivity index (χ1v) is 5.60. The van der Waals surface area contributed by atoms with Gasteiger partial charge in [0.1, 0.15) is 5.69 Å². The molecule has 1 aromatic carbocycles. The normalized spacial score (nSPS) is 9.61. The lowest BCUT2D eigenvalue weighted by molar-refractivity contribution is -0.385. The second-order valence-electron chi connectivity index (χ2n) is 3.64. The highest BCUT2D eigenvalue weighted by atomic mass is 16.6. The number of anilines is 1. The van der Waals surface area contributed by atoms with Gasteiger partial charge in [0.2, 0.25) is 0 Å². The van der Waals surface area contributed by atoms with Crippen LogP contribution in [0.25, 0.3) is 0 Å². The third-order valence-electron chi connectivity index (χ3n) is 2.43. The van der Waals surface area contributed by atoms with Crippen LogP contribution in [-0.4, -0.2) is 25.1 Å². The maximum absolute atomic E-state index is 11.1. The molecule has 0 fully saturated rings. The van der Waals surface area contributed by atoms with Crippen molar-refractivity contribution in [3.05, 3.63) is 28.3 Å². The average molecular weight is 249 g/mol. The molecule has 6 nitrogen and oxygen atoms in total. The van der Waals surface area contributed by atoms with Crippen molar-refractivity contribution in [2.75, 3.05) is 25.1 Å². The van der Waals surface area contributed by atoms with Crippen LogP contribution in [0.5, 0.6) is 5.75 Å². The van der Waals surface area contributed by atoms with Crippen molar-refractivity contribution >= 4 is 11.4 Å². The summed E-state index contributed by atoms with van der Waals surface area (Å²) in [6, 6.07) is 6.94. The van der Waals surface area contributed by atoms with E-state index in [2.05, 4.69) is 0 Å². The van der Waals surface area contributed by atoms with E-state index < -0.39 is 4.92 Å². The van der Waals surface area contributed by atoms with E-state index in [1.54, 1.807) is 37.1 Å². The number of para-hydroxylation sites is 1. The molecule has 0 atom stereocenters. The van der Waals surface area contributed by atoms with E-state index in [1.807, 2.05) is 6.07 Å². The van der Waals surface area contributed by atoms with Crippen molar-refractivity contribution in [2.45, 2.75) is 13.3 Å². The summed E-state index contributed by atoms with van der Waals surface area (Å²) < 4.78 is 5.26. The third kappa shape index (κ3) is 3.10. The van der Waals surface area contributed by atoms with Gasteiger partial charge in [0.25, 0.3) is 0 Å². The van der Waals surface area contributed by atoms with Gasteiger partial charge in [-0.05, 0) is 19.1 Å². The zero-order valence-electron chi connectivity index (χ0n) is 10.4. The second kappa shape index (κ2) is 6.45. The van der Waals surface area contributed by atoms with Crippen LogP contribution in [0, 0.1) is 21.4 Å². The SMILES string of the molecule is CCOc1cccc(N(C)CCC#N)c1[N+](=O)[O-]. The van der Waals surface area contributed by atoms with Crippen LogP contribution >= 0.6 is 0 Å². The van der Waals surface area contributed by atoms with Gasteiger partial charge in [-0.2, -0.15) is 5.26 Å². The summed E-state index contributed by atoms with van der Waals surface area (Å²) >= 11 is 0. The van der Waals surface area contributed by atoms with E-state index in [0.717, 1.165) is 0 Å². The third-order valence-corrected chi connectivity index (χ3v) is 2.43. The predicted octanol–water partition coefficient (Wildman–Crippen LogP) is 2.34. The Labute approximate surface area is 106 Å². The van der Waals surface area contributed by atoms with Crippen LogP contribution in [0.3, 0.4) is 0 Å². The van der Waals surface area contributed by atoms with Gasteiger partial charge in [0.15, 0.2) is 5.75 Å². The number of benzene rings is 1. The fourth-order valence-electron chi connectivity index (χ4n) is 1.61. The number of hydrogen-bond donors (Lipinski definition) is 0. The zero-order valence-corrected chi connectivity index (χ0v) is 10.4. The number of nitrogens with zero attached hydrogens (tertiary/aromatic N) is 3. The monoisotopic (exact) mass is 249 g/mol. The molecule has 0 aliphatic carbocycles. The number of nitriles is 1. The lowest BCUT2D eigenvalue weighted by atomic mass is 10.2. The summed E-state index contributed by atoms with van der Waals surface area (Å²) in [4.78, 5) is 12.4. The highest BCUT2D eigenvalue weighted by molar-refractivity contribution is 5.69. The lowest BCUT2D eigenvalue weighted by Gasteiger charge is -2.18. The molecule has 0 aliphatic rings. The number of nitro groups is 1. The molecule has 96 valence electrons. The molecular formula is C12H15N3O3. The quantitative estimate of drug-likeness (QED) is 0.571. The molecule has 0 radical (unpaired) electrons. The van der Waals surface area contributed by atoms with E-state index in [1.165, 1.54) is 0 Å². The Morgan fingerprint density at radius 2 is 2.28 bits per heavy atom. The molecule has 0 aliphatic heterocycles. The van der Waals surface area contributed by atoms with Crippen LogP contribution in [0.2, 0.25) is 0 Å². The minimum absolute atomic E-state index is 0.0558. The molecule has 0 aromatic heterocycles. The molecule has 18 heavy (non-hydrogen) atoms. The van der Waals surface area contributed by atoms with Crippen molar-refractivity contribution in [2.24, 2.45) is 0 Å². The van der Waals surface area contributed by atoms with E-state index in [0.29, 0.717) is 25.3 Å². The van der Waals surface area contributed by atoms with Gasteiger partial charge >= 0.3 is 5.69 Å². The number of nitro benzene ring substituents is 1. The van der Waals surface area contributed by atoms with Crippen LogP contribution < -0.4 is 9.64 Å². The molecule has 1 rings (SSSR count). The molecule has 1 aromatic rings. The van der Waals surface area contributed by atoms with Gasteiger partial charge < -0.3 is 9.64 Å². The molecule has 0 bridgehead atoms. The van der Waals surface area contributed by atoms with Crippen molar-refractivity contribution in [3.8, 4) is 11.8 Å².